The zero-order valence-corrected chi connectivity index (χ0v) is 15.5. The number of unbranched alkanes of at least 4 members (excludes halogenated alkanes) is 2. The number of hydrogen-bond donors (Lipinski definition) is 2. The Morgan fingerprint density at radius 1 is 1.04 bits per heavy atom. The van der Waals surface area contributed by atoms with Crippen LogP contribution in [0.5, 0.6) is 0 Å². The second-order valence-electron chi connectivity index (χ2n) is 6.86. The maximum absolute atomic E-state index is 12.2. The van der Waals surface area contributed by atoms with E-state index in [1.165, 1.54) is 0 Å². The smallest absolute Gasteiger partial charge is 0.407 e. The summed E-state index contributed by atoms with van der Waals surface area (Å²) in [6.07, 6.45) is 2.43. The molecule has 0 aromatic heterocycles. The Balaban J connectivity index is 1.64. The molecule has 1 aliphatic carbocycles. The number of ether oxygens (including phenoxy) is 1. The maximum Gasteiger partial charge on any atom is 0.407 e. The standard InChI is InChI=1S/C22H25NO4/c1-2-3-4-13-20(21(24)25)23-22(26)27-14-19-17-11-7-5-9-15(17)16-10-6-8-12-18(16)19/h5-12,19-20H,2-4,13-14H2,1H3,(H,23,26)(H,24,25)/t20-/m0/s1. The minimum Gasteiger partial charge on any atom is -0.480 e. The van der Waals surface area contributed by atoms with Gasteiger partial charge in [0.2, 0.25) is 0 Å². The number of fused-ring (bicyclic) bond motifs is 3. The summed E-state index contributed by atoms with van der Waals surface area (Å²) in [6, 6.07) is 15.3. The molecule has 2 N–H and O–H groups in total. The van der Waals surface area contributed by atoms with Crippen LogP contribution in [-0.4, -0.2) is 29.8 Å². The Bertz CT molecular complexity index is 772. The summed E-state index contributed by atoms with van der Waals surface area (Å²) in [5.74, 6) is -1.06. The third kappa shape index (κ3) is 4.30. The lowest BCUT2D eigenvalue weighted by Gasteiger charge is -2.17. The number of aliphatic carboxylic acids is 1. The molecule has 5 heteroatoms. The van der Waals surface area contributed by atoms with Gasteiger partial charge in [0.25, 0.3) is 0 Å². The van der Waals surface area contributed by atoms with Gasteiger partial charge in [0.1, 0.15) is 12.6 Å². The molecule has 0 bridgehead atoms. The van der Waals surface area contributed by atoms with Crippen LogP contribution in [0.2, 0.25) is 0 Å². The number of rotatable bonds is 8. The van der Waals surface area contributed by atoms with Gasteiger partial charge in [0.05, 0.1) is 0 Å². The van der Waals surface area contributed by atoms with E-state index in [1.807, 2.05) is 36.4 Å². The lowest BCUT2D eigenvalue weighted by atomic mass is 9.98. The molecule has 0 aliphatic heterocycles. The molecule has 1 amide bonds. The maximum atomic E-state index is 12.2. The van der Waals surface area contributed by atoms with Gasteiger partial charge in [-0.05, 0) is 28.7 Å². The molecule has 3 rings (SSSR count). The fraction of sp³-hybridized carbons (Fsp3) is 0.364. The summed E-state index contributed by atoms with van der Waals surface area (Å²) in [5, 5.41) is 11.8. The first-order valence-corrected chi connectivity index (χ1v) is 9.46. The summed E-state index contributed by atoms with van der Waals surface area (Å²) in [6.45, 7) is 2.23. The van der Waals surface area contributed by atoms with Gasteiger partial charge in [-0.2, -0.15) is 0 Å². The number of carboxylic acid groups (broad SMARTS) is 1. The second kappa shape index (κ2) is 8.71. The van der Waals surface area contributed by atoms with E-state index >= 15 is 0 Å². The minimum atomic E-state index is -1.03. The van der Waals surface area contributed by atoms with E-state index in [0.29, 0.717) is 6.42 Å². The van der Waals surface area contributed by atoms with Gasteiger partial charge in [0.15, 0.2) is 0 Å². The summed E-state index contributed by atoms with van der Waals surface area (Å²) in [7, 11) is 0. The van der Waals surface area contributed by atoms with Crippen LogP contribution in [0, 0.1) is 0 Å². The number of carbonyl (C=O) groups is 2. The van der Waals surface area contributed by atoms with E-state index in [9.17, 15) is 14.7 Å². The Hall–Kier alpha value is -2.82. The highest BCUT2D eigenvalue weighted by Crippen LogP contribution is 2.44. The molecule has 0 unspecified atom stereocenters. The number of alkyl carbamates (subject to hydrolysis) is 1. The van der Waals surface area contributed by atoms with Gasteiger partial charge < -0.3 is 15.2 Å². The zero-order chi connectivity index (χ0) is 19.2. The van der Waals surface area contributed by atoms with E-state index in [1.54, 1.807) is 0 Å². The number of carbonyl (C=O) groups excluding carboxylic acids is 1. The summed E-state index contributed by atoms with van der Waals surface area (Å²) >= 11 is 0. The molecule has 1 atom stereocenters. The van der Waals surface area contributed by atoms with Gasteiger partial charge in [0, 0.05) is 5.92 Å². The molecule has 0 heterocycles. The highest BCUT2D eigenvalue weighted by atomic mass is 16.5. The van der Waals surface area contributed by atoms with E-state index in [-0.39, 0.29) is 12.5 Å². The van der Waals surface area contributed by atoms with Crippen molar-refractivity contribution in [3.8, 4) is 11.1 Å². The van der Waals surface area contributed by atoms with Crippen LogP contribution < -0.4 is 5.32 Å². The first-order chi connectivity index (χ1) is 13.1. The Morgan fingerprint density at radius 3 is 2.19 bits per heavy atom. The number of carboxylic acids is 1. The highest BCUT2D eigenvalue weighted by Gasteiger charge is 2.29. The van der Waals surface area contributed by atoms with Crippen molar-refractivity contribution >= 4 is 12.1 Å². The van der Waals surface area contributed by atoms with Gasteiger partial charge in [-0.25, -0.2) is 9.59 Å². The molecule has 2 aromatic carbocycles. The quantitative estimate of drug-likeness (QED) is 0.671. The summed E-state index contributed by atoms with van der Waals surface area (Å²) < 4.78 is 5.41. The molecular formula is C22H25NO4. The van der Waals surface area contributed by atoms with Crippen molar-refractivity contribution in [2.75, 3.05) is 6.61 Å². The van der Waals surface area contributed by atoms with Crippen LogP contribution in [0.15, 0.2) is 48.5 Å². The van der Waals surface area contributed by atoms with Crippen LogP contribution >= 0.6 is 0 Å². The molecule has 27 heavy (non-hydrogen) atoms. The Morgan fingerprint density at radius 2 is 1.63 bits per heavy atom. The molecule has 142 valence electrons. The minimum absolute atomic E-state index is 0.0356. The molecule has 1 aliphatic rings. The van der Waals surface area contributed by atoms with Crippen molar-refractivity contribution in [3.05, 3.63) is 59.7 Å². The first kappa shape index (κ1) is 19.0. The molecule has 0 saturated heterocycles. The van der Waals surface area contributed by atoms with Crippen LogP contribution in [0.3, 0.4) is 0 Å². The normalized spacial score (nSPS) is 13.5. The van der Waals surface area contributed by atoms with E-state index in [0.717, 1.165) is 41.5 Å². The van der Waals surface area contributed by atoms with Crippen LogP contribution in [0.25, 0.3) is 11.1 Å². The molecule has 5 nitrogen and oxygen atoms in total. The molecule has 0 saturated carbocycles. The third-order valence-electron chi connectivity index (χ3n) is 5.03. The lowest BCUT2D eigenvalue weighted by molar-refractivity contribution is -0.139. The molecule has 2 aromatic rings. The Labute approximate surface area is 159 Å². The van der Waals surface area contributed by atoms with E-state index in [2.05, 4.69) is 24.4 Å². The van der Waals surface area contributed by atoms with E-state index in [4.69, 9.17) is 4.74 Å². The van der Waals surface area contributed by atoms with Crippen LogP contribution in [-0.2, 0) is 9.53 Å². The van der Waals surface area contributed by atoms with Gasteiger partial charge in [-0.15, -0.1) is 0 Å². The molecule has 0 radical (unpaired) electrons. The predicted molar refractivity (Wildman–Crippen MR) is 104 cm³/mol. The van der Waals surface area contributed by atoms with Crippen LogP contribution in [0.1, 0.15) is 49.7 Å². The van der Waals surface area contributed by atoms with Crippen molar-refractivity contribution in [3.63, 3.8) is 0 Å². The topological polar surface area (TPSA) is 75.6 Å². The van der Waals surface area contributed by atoms with Crippen LogP contribution in [0.4, 0.5) is 4.79 Å². The number of nitrogens with one attached hydrogen (secondary N) is 1. The van der Waals surface area contributed by atoms with Crippen molar-refractivity contribution in [1.29, 1.82) is 0 Å². The molecular weight excluding hydrogens is 342 g/mol. The van der Waals surface area contributed by atoms with E-state index < -0.39 is 18.1 Å². The first-order valence-electron chi connectivity index (χ1n) is 9.46. The second-order valence-corrected chi connectivity index (χ2v) is 6.86. The fourth-order valence-electron chi connectivity index (χ4n) is 3.64. The van der Waals surface area contributed by atoms with Crippen molar-refractivity contribution in [1.82, 2.24) is 5.32 Å². The van der Waals surface area contributed by atoms with Crippen molar-refractivity contribution in [2.45, 2.75) is 44.6 Å². The number of amides is 1. The molecule has 0 fully saturated rings. The van der Waals surface area contributed by atoms with Gasteiger partial charge >= 0.3 is 12.1 Å². The Kier molecular flexibility index (Phi) is 6.12. The number of benzene rings is 2. The van der Waals surface area contributed by atoms with Crippen molar-refractivity contribution in [2.24, 2.45) is 0 Å². The largest absolute Gasteiger partial charge is 0.480 e. The van der Waals surface area contributed by atoms with Gasteiger partial charge in [-0.1, -0.05) is 74.7 Å². The average Bonchev–Trinajstić information content (AvgIpc) is 2.99. The fourth-order valence-corrected chi connectivity index (χ4v) is 3.64. The summed E-state index contributed by atoms with van der Waals surface area (Å²) in [5.41, 5.74) is 4.57. The van der Waals surface area contributed by atoms with Gasteiger partial charge in [-0.3, -0.25) is 0 Å². The summed E-state index contributed by atoms with van der Waals surface area (Å²) in [4.78, 5) is 23.5. The molecule has 0 spiro atoms. The number of hydrogen-bond acceptors (Lipinski definition) is 3. The zero-order valence-electron chi connectivity index (χ0n) is 15.5. The third-order valence-corrected chi connectivity index (χ3v) is 5.03. The predicted octanol–water partition coefficient (Wildman–Crippen LogP) is 4.56. The monoisotopic (exact) mass is 367 g/mol. The SMILES string of the molecule is CCCCC[C@H](NC(=O)OCC1c2ccccc2-c2ccccc21)C(=O)O. The average molecular weight is 367 g/mol. The lowest BCUT2D eigenvalue weighted by Crippen LogP contribution is -2.41. The highest BCUT2D eigenvalue weighted by molar-refractivity contribution is 5.81. The van der Waals surface area contributed by atoms with Crippen molar-refractivity contribution < 1.29 is 19.4 Å².